The minimum atomic E-state index is 0.00294. The largest absolute Gasteiger partial charge is 0.378 e. The summed E-state index contributed by atoms with van der Waals surface area (Å²) < 4.78 is 0. The quantitative estimate of drug-likeness (QED) is 0.914. The number of benzene rings is 2. The Hall–Kier alpha value is -2.49. The topological polar surface area (TPSA) is 59.6 Å². The summed E-state index contributed by atoms with van der Waals surface area (Å²) in [5.74, 6) is 0. The van der Waals surface area contributed by atoms with E-state index >= 15 is 0 Å². The van der Waals surface area contributed by atoms with Crippen LogP contribution in [-0.2, 0) is 0 Å². The van der Waals surface area contributed by atoms with E-state index in [0.717, 1.165) is 11.3 Å². The number of hydrogen-bond acceptors (Lipinski definition) is 3. The van der Waals surface area contributed by atoms with Gasteiger partial charge in [0.05, 0.1) is 11.1 Å². The fourth-order valence-corrected chi connectivity index (χ4v) is 2.28. The van der Waals surface area contributed by atoms with Gasteiger partial charge >= 0.3 is 0 Å². The number of nitrogens with zero attached hydrogens (tertiary/aromatic N) is 2. The van der Waals surface area contributed by atoms with Crippen LogP contribution >= 0.6 is 11.6 Å². The SMILES string of the molecule is CC(Nc1ccc(C#N)c(C#N)c1)c1ccccc1Cl. The number of anilines is 1. The third kappa shape index (κ3) is 2.91. The number of rotatable bonds is 3. The fourth-order valence-electron chi connectivity index (χ4n) is 1.98. The van der Waals surface area contributed by atoms with E-state index in [1.807, 2.05) is 43.3 Å². The Kier molecular flexibility index (Phi) is 4.25. The molecule has 0 spiro atoms. The van der Waals surface area contributed by atoms with Crippen LogP contribution < -0.4 is 5.32 Å². The zero-order valence-corrected chi connectivity index (χ0v) is 11.6. The minimum Gasteiger partial charge on any atom is -0.378 e. The smallest absolute Gasteiger partial charge is 0.101 e. The lowest BCUT2D eigenvalue weighted by molar-refractivity contribution is 0.885. The molecule has 0 aliphatic rings. The van der Waals surface area contributed by atoms with Gasteiger partial charge in [0.1, 0.15) is 12.1 Å². The molecule has 0 fully saturated rings. The van der Waals surface area contributed by atoms with E-state index in [2.05, 4.69) is 5.32 Å². The van der Waals surface area contributed by atoms with Crippen LogP contribution in [0.3, 0.4) is 0 Å². The average Bonchev–Trinajstić information content (AvgIpc) is 2.47. The number of hydrogen-bond donors (Lipinski definition) is 1. The van der Waals surface area contributed by atoms with Gasteiger partial charge in [-0.1, -0.05) is 29.8 Å². The Labute approximate surface area is 123 Å². The molecule has 0 bridgehead atoms. The van der Waals surface area contributed by atoms with Crippen LogP contribution in [0.25, 0.3) is 0 Å². The maximum atomic E-state index is 9.02. The van der Waals surface area contributed by atoms with E-state index in [4.69, 9.17) is 22.1 Å². The Morgan fingerprint density at radius 3 is 2.40 bits per heavy atom. The van der Waals surface area contributed by atoms with Crippen LogP contribution in [-0.4, -0.2) is 0 Å². The zero-order valence-electron chi connectivity index (χ0n) is 10.9. The van der Waals surface area contributed by atoms with Crippen LogP contribution in [0.4, 0.5) is 5.69 Å². The molecule has 1 N–H and O–H groups in total. The molecule has 0 aliphatic carbocycles. The summed E-state index contributed by atoms with van der Waals surface area (Å²) in [4.78, 5) is 0. The van der Waals surface area contributed by atoms with Gasteiger partial charge in [-0.25, -0.2) is 0 Å². The predicted molar refractivity (Wildman–Crippen MR) is 79.4 cm³/mol. The van der Waals surface area contributed by atoms with E-state index in [9.17, 15) is 0 Å². The molecule has 0 saturated carbocycles. The first-order chi connectivity index (χ1) is 9.65. The summed E-state index contributed by atoms with van der Waals surface area (Å²) in [5.41, 5.74) is 2.51. The standard InChI is InChI=1S/C16H12ClN3/c1-11(15-4-2-3-5-16(15)17)20-14-7-6-12(9-18)13(8-14)10-19/h2-8,11,20H,1H3. The zero-order chi connectivity index (χ0) is 14.5. The molecule has 0 amide bonds. The first kappa shape index (κ1) is 13.9. The molecular weight excluding hydrogens is 270 g/mol. The third-order valence-electron chi connectivity index (χ3n) is 3.02. The van der Waals surface area contributed by atoms with E-state index < -0.39 is 0 Å². The molecule has 3 nitrogen and oxygen atoms in total. The Bertz CT molecular complexity index is 710. The molecule has 0 heterocycles. The van der Waals surface area contributed by atoms with Crippen molar-refractivity contribution in [2.45, 2.75) is 13.0 Å². The van der Waals surface area contributed by atoms with Crippen LogP contribution in [0.5, 0.6) is 0 Å². The Balaban J connectivity index is 2.25. The van der Waals surface area contributed by atoms with E-state index in [1.54, 1.807) is 18.2 Å². The summed E-state index contributed by atoms with van der Waals surface area (Å²) in [6.45, 7) is 1.99. The second-order valence-corrected chi connectivity index (χ2v) is 4.78. The van der Waals surface area contributed by atoms with Gasteiger partial charge in [0.2, 0.25) is 0 Å². The van der Waals surface area contributed by atoms with Crippen LogP contribution in [0, 0.1) is 22.7 Å². The summed E-state index contributed by atoms with van der Waals surface area (Å²) in [5, 5.41) is 21.9. The van der Waals surface area contributed by atoms with Crippen molar-refractivity contribution in [3.8, 4) is 12.1 Å². The highest BCUT2D eigenvalue weighted by molar-refractivity contribution is 6.31. The third-order valence-corrected chi connectivity index (χ3v) is 3.36. The van der Waals surface area contributed by atoms with Gasteiger partial charge in [-0.3, -0.25) is 0 Å². The van der Waals surface area contributed by atoms with Gasteiger partial charge in [0, 0.05) is 16.8 Å². The maximum Gasteiger partial charge on any atom is 0.101 e. The van der Waals surface area contributed by atoms with Crippen molar-refractivity contribution in [2.75, 3.05) is 5.32 Å². The van der Waals surface area contributed by atoms with Crippen molar-refractivity contribution in [2.24, 2.45) is 0 Å². The molecule has 2 aromatic carbocycles. The lowest BCUT2D eigenvalue weighted by atomic mass is 10.1. The first-order valence-corrected chi connectivity index (χ1v) is 6.48. The molecule has 98 valence electrons. The van der Waals surface area contributed by atoms with Gasteiger partial charge < -0.3 is 5.32 Å². The Morgan fingerprint density at radius 1 is 1.05 bits per heavy atom. The summed E-state index contributed by atoms with van der Waals surface area (Å²) in [7, 11) is 0. The summed E-state index contributed by atoms with van der Waals surface area (Å²) in [6, 6.07) is 16.7. The molecule has 0 radical (unpaired) electrons. The highest BCUT2D eigenvalue weighted by Crippen LogP contribution is 2.26. The van der Waals surface area contributed by atoms with Crippen molar-refractivity contribution in [3.63, 3.8) is 0 Å². The Morgan fingerprint density at radius 2 is 1.75 bits per heavy atom. The van der Waals surface area contributed by atoms with E-state index in [-0.39, 0.29) is 6.04 Å². The molecule has 1 atom stereocenters. The molecule has 20 heavy (non-hydrogen) atoms. The van der Waals surface area contributed by atoms with Crippen molar-refractivity contribution in [1.29, 1.82) is 10.5 Å². The molecule has 2 rings (SSSR count). The first-order valence-electron chi connectivity index (χ1n) is 6.11. The van der Waals surface area contributed by atoms with Gasteiger partial charge in [0.15, 0.2) is 0 Å². The van der Waals surface area contributed by atoms with E-state index in [0.29, 0.717) is 16.1 Å². The van der Waals surface area contributed by atoms with Gasteiger partial charge in [-0.05, 0) is 36.8 Å². The number of nitrogens with one attached hydrogen (secondary N) is 1. The summed E-state index contributed by atoms with van der Waals surface area (Å²) in [6.07, 6.45) is 0. The van der Waals surface area contributed by atoms with Crippen molar-refractivity contribution in [1.82, 2.24) is 0 Å². The lowest BCUT2D eigenvalue weighted by Gasteiger charge is -2.17. The molecule has 0 saturated heterocycles. The van der Waals surface area contributed by atoms with Crippen molar-refractivity contribution in [3.05, 3.63) is 64.2 Å². The molecule has 1 unspecified atom stereocenters. The molecule has 2 aromatic rings. The highest BCUT2D eigenvalue weighted by Gasteiger charge is 2.10. The molecule has 0 aromatic heterocycles. The maximum absolute atomic E-state index is 9.02. The molecular formula is C16H12ClN3. The number of halogens is 1. The normalized spacial score (nSPS) is 11.2. The predicted octanol–water partition coefficient (Wildman–Crippen LogP) is 4.26. The molecule has 4 heteroatoms. The van der Waals surface area contributed by atoms with E-state index in [1.165, 1.54) is 0 Å². The second kappa shape index (κ2) is 6.10. The van der Waals surface area contributed by atoms with Gasteiger partial charge in [0.25, 0.3) is 0 Å². The van der Waals surface area contributed by atoms with Gasteiger partial charge in [-0.2, -0.15) is 10.5 Å². The van der Waals surface area contributed by atoms with Crippen LogP contribution in [0.1, 0.15) is 29.7 Å². The lowest BCUT2D eigenvalue weighted by Crippen LogP contribution is -2.07. The van der Waals surface area contributed by atoms with Crippen molar-refractivity contribution >= 4 is 17.3 Å². The summed E-state index contributed by atoms with van der Waals surface area (Å²) >= 11 is 6.16. The van der Waals surface area contributed by atoms with Crippen LogP contribution in [0.2, 0.25) is 5.02 Å². The minimum absolute atomic E-state index is 0.00294. The average molecular weight is 282 g/mol. The molecule has 0 aliphatic heterocycles. The van der Waals surface area contributed by atoms with Gasteiger partial charge in [-0.15, -0.1) is 0 Å². The fraction of sp³-hybridized carbons (Fsp3) is 0.125. The highest BCUT2D eigenvalue weighted by atomic mass is 35.5. The van der Waals surface area contributed by atoms with Crippen LogP contribution in [0.15, 0.2) is 42.5 Å². The monoisotopic (exact) mass is 281 g/mol. The number of nitriles is 2. The van der Waals surface area contributed by atoms with Crippen molar-refractivity contribution < 1.29 is 0 Å². The second-order valence-electron chi connectivity index (χ2n) is 4.37.